The number of hydrogen-bond donors (Lipinski definition) is 5. The molecule has 3 aliphatic rings. The summed E-state index contributed by atoms with van der Waals surface area (Å²) in [6.07, 6.45) is 2.13. The van der Waals surface area contributed by atoms with Crippen molar-refractivity contribution in [2.24, 2.45) is 5.41 Å². The first-order chi connectivity index (χ1) is 35.9. The third-order valence-electron chi connectivity index (χ3n) is 13.8. The molecular weight excluding hydrogens is 998 g/mol. The zero-order chi connectivity index (χ0) is 53.4. The number of benzene rings is 3. The maximum atomic E-state index is 14.5. The Balaban J connectivity index is 0.755. The number of amides is 5. The second-order valence-corrected chi connectivity index (χ2v) is 22.0. The van der Waals surface area contributed by atoms with Crippen LogP contribution < -0.4 is 16.0 Å². The number of thiazole rings is 2. The molecule has 0 saturated carbocycles. The van der Waals surface area contributed by atoms with Gasteiger partial charge in [0.25, 0.3) is 11.8 Å². The normalized spacial score (nSPS) is 18.2. The smallest absolute Gasteiger partial charge is 0.256 e. The number of nitrogens with zero attached hydrogens (tertiary/aromatic N) is 6. The molecule has 8 rings (SSSR count). The van der Waals surface area contributed by atoms with Gasteiger partial charge in [0, 0.05) is 81.4 Å². The number of aromatic hydroxyl groups is 1. The molecule has 17 nitrogen and oxygen atoms in total. The highest BCUT2D eigenvalue weighted by Gasteiger charge is 2.45. The average molecular weight is 1060 g/mol. The fraction of sp³-hybridized carbons (Fsp3) is 0.436. The molecule has 2 aromatic heterocycles. The van der Waals surface area contributed by atoms with Crippen LogP contribution in [0.2, 0.25) is 0 Å². The number of aromatic nitrogens is 2. The van der Waals surface area contributed by atoms with Crippen LogP contribution in [0.4, 0.5) is 9.52 Å². The molecule has 0 bridgehead atoms. The molecule has 5 atom stereocenters. The molecule has 0 radical (unpaired) electrons. The summed E-state index contributed by atoms with van der Waals surface area (Å²) in [5.74, 6) is 3.07. The number of aryl methyl sites for hydroxylation is 1. The van der Waals surface area contributed by atoms with Gasteiger partial charge in [0.15, 0.2) is 5.13 Å². The number of rotatable bonds is 18. The molecule has 5 heterocycles. The lowest BCUT2D eigenvalue weighted by atomic mass is 9.85. The molecule has 396 valence electrons. The van der Waals surface area contributed by atoms with E-state index in [0.29, 0.717) is 41.4 Å². The number of ether oxygens (including phenoxy) is 1. The summed E-state index contributed by atoms with van der Waals surface area (Å²) in [4.78, 5) is 85.7. The third-order valence-corrected chi connectivity index (χ3v) is 15.4. The summed E-state index contributed by atoms with van der Waals surface area (Å²) in [7, 11) is 0. The summed E-state index contributed by atoms with van der Waals surface area (Å²) in [6, 6.07) is 13.0. The topological polar surface area (TPSA) is 210 Å². The minimum atomic E-state index is -1.34. The largest absolute Gasteiger partial charge is 0.508 e. The third kappa shape index (κ3) is 13.5. The van der Waals surface area contributed by atoms with Crippen LogP contribution in [-0.2, 0) is 30.5 Å². The first kappa shape index (κ1) is 54.7. The number of halogens is 1. The molecule has 2 fully saturated rings. The molecule has 3 aromatic carbocycles. The molecule has 5 aromatic rings. The van der Waals surface area contributed by atoms with Crippen molar-refractivity contribution >= 4 is 57.3 Å². The number of piperazine rings is 1. The van der Waals surface area contributed by atoms with Gasteiger partial charge in [-0.3, -0.25) is 34.2 Å². The molecular formula is C55H64FN9O8S2. The van der Waals surface area contributed by atoms with Gasteiger partial charge in [-0.2, -0.15) is 0 Å². The van der Waals surface area contributed by atoms with Crippen molar-refractivity contribution in [3.63, 3.8) is 0 Å². The number of aliphatic hydroxyl groups is 1. The van der Waals surface area contributed by atoms with Gasteiger partial charge in [-0.15, -0.1) is 22.7 Å². The number of carbonyl (C=O) groups is 5. The van der Waals surface area contributed by atoms with Crippen LogP contribution in [0, 0.1) is 30.0 Å². The molecule has 0 aliphatic carbocycles. The van der Waals surface area contributed by atoms with Crippen molar-refractivity contribution in [2.75, 3.05) is 64.3 Å². The highest BCUT2D eigenvalue weighted by molar-refractivity contribution is 7.14. The first-order valence-electron chi connectivity index (χ1n) is 25.2. The van der Waals surface area contributed by atoms with Crippen LogP contribution in [0.5, 0.6) is 5.75 Å². The van der Waals surface area contributed by atoms with Crippen LogP contribution in [0.15, 0.2) is 77.8 Å². The van der Waals surface area contributed by atoms with Gasteiger partial charge in [0.05, 0.1) is 40.4 Å². The first-order valence-corrected chi connectivity index (χ1v) is 26.9. The summed E-state index contributed by atoms with van der Waals surface area (Å²) in [5, 5.41) is 32.0. The van der Waals surface area contributed by atoms with Crippen molar-refractivity contribution in [1.29, 1.82) is 0 Å². The number of nitrogens with one attached hydrogen (secondary N) is 3. The Morgan fingerprint density at radius 3 is 2.41 bits per heavy atom. The number of likely N-dealkylation sites (tertiary alicyclic amines) is 1. The number of β-amino-alcohol motifs (C(OH)–C–C–N with tert-alkyl or cyclic N) is 1. The van der Waals surface area contributed by atoms with Crippen LogP contribution in [0.25, 0.3) is 10.4 Å². The average Bonchev–Trinajstić information content (AvgIpc) is 4.21. The molecule has 2 saturated heterocycles. The molecule has 3 aliphatic heterocycles. The lowest BCUT2D eigenvalue weighted by molar-refractivity contribution is -0.144. The number of carbonyl (C=O) groups excluding carboxylic acids is 5. The van der Waals surface area contributed by atoms with Gasteiger partial charge in [-0.05, 0) is 73.2 Å². The van der Waals surface area contributed by atoms with E-state index in [4.69, 9.17) is 4.74 Å². The minimum Gasteiger partial charge on any atom is -0.508 e. The Labute approximate surface area is 444 Å². The number of fused-ring (bicyclic) bond motifs is 1. The number of hydrogen-bond acceptors (Lipinski definition) is 14. The van der Waals surface area contributed by atoms with Crippen molar-refractivity contribution in [3.8, 4) is 28.0 Å². The summed E-state index contributed by atoms with van der Waals surface area (Å²) in [5.41, 5.74) is 5.53. The summed E-state index contributed by atoms with van der Waals surface area (Å²) in [6.45, 7) is 14.3. The fourth-order valence-corrected chi connectivity index (χ4v) is 11.1. The number of phenolic OH excluding ortho intramolecular Hbond substituents is 1. The van der Waals surface area contributed by atoms with Gasteiger partial charge in [-0.1, -0.05) is 69.0 Å². The van der Waals surface area contributed by atoms with Gasteiger partial charge in [0.2, 0.25) is 17.7 Å². The lowest BCUT2D eigenvalue weighted by Gasteiger charge is -2.35. The van der Waals surface area contributed by atoms with Crippen molar-refractivity contribution in [1.82, 2.24) is 40.2 Å². The Morgan fingerprint density at radius 1 is 0.973 bits per heavy atom. The predicted octanol–water partition coefficient (Wildman–Crippen LogP) is 5.89. The predicted molar refractivity (Wildman–Crippen MR) is 284 cm³/mol. The Hall–Kier alpha value is -6.60. The minimum absolute atomic E-state index is 0.0242. The summed E-state index contributed by atoms with van der Waals surface area (Å²) < 4.78 is 20.3. The molecule has 0 spiro atoms. The van der Waals surface area contributed by atoms with Gasteiger partial charge in [0.1, 0.15) is 36.3 Å². The number of phenols is 1. The zero-order valence-corrected chi connectivity index (χ0v) is 44.4. The maximum absolute atomic E-state index is 14.5. The Morgan fingerprint density at radius 2 is 1.72 bits per heavy atom. The van der Waals surface area contributed by atoms with E-state index in [9.17, 15) is 38.6 Å². The van der Waals surface area contributed by atoms with E-state index in [1.165, 1.54) is 27.3 Å². The van der Waals surface area contributed by atoms with Crippen LogP contribution in [0.1, 0.15) is 97.3 Å². The quantitative estimate of drug-likeness (QED) is 0.0514. The van der Waals surface area contributed by atoms with Gasteiger partial charge in [-0.25, -0.2) is 14.4 Å². The van der Waals surface area contributed by atoms with E-state index in [1.807, 2.05) is 70.5 Å². The molecule has 75 heavy (non-hydrogen) atoms. The van der Waals surface area contributed by atoms with E-state index in [2.05, 4.69) is 47.6 Å². The molecule has 5 amide bonds. The Kier molecular flexibility index (Phi) is 17.8. The van der Waals surface area contributed by atoms with E-state index in [0.717, 1.165) is 79.0 Å². The second-order valence-electron chi connectivity index (χ2n) is 20.2. The van der Waals surface area contributed by atoms with Gasteiger partial charge >= 0.3 is 0 Å². The van der Waals surface area contributed by atoms with E-state index in [-0.39, 0.29) is 49.4 Å². The maximum Gasteiger partial charge on any atom is 0.256 e. The number of aliphatic hydroxyl groups excluding tert-OH is 1. The number of unbranched alkanes of at least 4 members (excludes halogenated alkanes) is 1. The lowest BCUT2D eigenvalue weighted by Crippen LogP contribution is -2.58. The zero-order valence-electron chi connectivity index (χ0n) is 42.8. The molecule has 1 unspecified atom stereocenters. The van der Waals surface area contributed by atoms with Crippen LogP contribution >= 0.6 is 22.7 Å². The van der Waals surface area contributed by atoms with Crippen molar-refractivity contribution in [2.45, 2.75) is 90.7 Å². The van der Waals surface area contributed by atoms with E-state index >= 15 is 0 Å². The molecule has 20 heteroatoms. The SMILES string of the molecule is Cc1ncsc1-c1ccc([C@H](C)NC(=O)[C@H]2C[C@H](O)CN2C(=O)[C@@H](NC(=O)COCCN2CCN(CCCC#Cc3cccc4c3C(=O)N(C(C(=O)Nc3nccs3)c3cc(F)ccc3O)C4)CC2)C(C)(C)C)cc1. The fourth-order valence-electron chi connectivity index (χ4n) is 9.71. The van der Waals surface area contributed by atoms with Gasteiger partial charge < -0.3 is 40.3 Å². The van der Waals surface area contributed by atoms with Crippen molar-refractivity contribution < 1.29 is 43.3 Å². The number of anilines is 1. The van der Waals surface area contributed by atoms with E-state index < -0.39 is 59.1 Å². The standard InChI is InChI=1S/C55H64FN9O8S2/c1-34(36-13-15-38(16-14-36)48-35(2)58-33-75-48)59-50(69)43-29-41(66)31-64(43)53(72)49(55(3,4)5)60-45(68)32-73-26-25-63-23-21-62(22-24-63)20-8-6-7-10-37-11-9-12-39-30-65(52(71)46(37)39)47(42-28-40(56)17-18-44(42)67)51(70)61-54-57-19-27-74-54/h9,11-19,27-28,33-34,41,43,47,49,66-67H,6,8,20-26,29-32H2,1-5H3,(H,59,69)(H,60,68)(H,57,61,70)/t34-,41-,43+,47?,49+/m0/s1. The monoisotopic (exact) mass is 1060 g/mol. The highest BCUT2D eigenvalue weighted by atomic mass is 32.1. The van der Waals surface area contributed by atoms with E-state index in [1.54, 1.807) is 28.8 Å². The molecule has 5 N–H and O–H groups in total. The van der Waals surface area contributed by atoms with Crippen LogP contribution in [0.3, 0.4) is 0 Å². The Bertz CT molecular complexity index is 2910. The van der Waals surface area contributed by atoms with Crippen LogP contribution in [-0.4, -0.2) is 147 Å². The second kappa shape index (κ2) is 24.4. The summed E-state index contributed by atoms with van der Waals surface area (Å²) >= 11 is 2.76. The highest BCUT2D eigenvalue weighted by Crippen LogP contribution is 2.38. The van der Waals surface area contributed by atoms with Crippen molar-refractivity contribution in [3.05, 3.63) is 117 Å².